The highest BCUT2D eigenvalue weighted by Gasteiger charge is 2.72. The normalized spacial score (nSPS) is 24.5. The van der Waals surface area contributed by atoms with Crippen molar-refractivity contribution in [3.05, 3.63) is 53.4 Å². The number of benzene rings is 2. The number of hydrogen-bond acceptors (Lipinski definition) is 6. The number of halogens is 5. The molecule has 184 valence electrons. The number of nitrogens with two attached hydrogens (primary N) is 1. The summed E-state index contributed by atoms with van der Waals surface area (Å²) in [5.74, 6) is -14.2. The number of carbonyl (C=O) groups excluding carboxylic acids is 1. The predicted molar refractivity (Wildman–Crippen MR) is 110 cm³/mol. The molecule has 2 aliphatic rings. The van der Waals surface area contributed by atoms with E-state index in [4.69, 9.17) is 19.7 Å². The molecule has 0 amide bonds. The molecule has 1 aliphatic heterocycles. The highest BCUT2D eigenvalue weighted by Crippen LogP contribution is 2.73. The smallest absolute Gasteiger partial charge is 0.338 e. The van der Waals surface area contributed by atoms with E-state index < -0.39 is 59.2 Å². The van der Waals surface area contributed by atoms with Gasteiger partial charge in [0.25, 0.3) is 7.37 Å². The summed E-state index contributed by atoms with van der Waals surface area (Å²) in [5.41, 5.74) is 5.97. The van der Waals surface area contributed by atoms with Crippen molar-refractivity contribution >= 4 is 13.3 Å². The molecule has 1 saturated carbocycles. The SMILES string of the molecule is N[C@]1(C(=O)OCC2CCCCC2)CP1(=O)Oc1ccccc1Oc1c(F)c(F)c(F)c(F)c1F. The molecule has 1 unspecified atom stereocenters. The van der Waals surface area contributed by atoms with E-state index in [9.17, 15) is 31.3 Å². The Balaban J connectivity index is 1.50. The van der Waals surface area contributed by atoms with Crippen LogP contribution in [0.3, 0.4) is 0 Å². The van der Waals surface area contributed by atoms with Gasteiger partial charge in [-0.15, -0.1) is 0 Å². The lowest BCUT2D eigenvalue weighted by molar-refractivity contribution is -0.146. The summed E-state index contributed by atoms with van der Waals surface area (Å²) in [6, 6.07) is 5.00. The van der Waals surface area contributed by atoms with E-state index in [0.717, 1.165) is 38.2 Å². The second kappa shape index (κ2) is 9.19. The molecule has 1 aliphatic carbocycles. The van der Waals surface area contributed by atoms with Crippen LogP contribution in [0.4, 0.5) is 22.0 Å². The molecule has 2 aromatic carbocycles. The molecule has 1 saturated heterocycles. The van der Waals surface area contributed by atoms with E-state index in [2.05, 4.69) is 0 Å². The van der Waals surface area contributed by atoms with Crippen LogP contribution in [0.25, 0.3) is 0 Å². The van der Waals surface area contributed by atoms with Gasteiger partial charge in [0.15, 0.2) is 11.5 Å². The summed E-state index contributed by atoms with van der Waals surface area (Å²) >= 11 is 0. The van der Waals surface area contributed by atoms with Crippen molar-refractivity contribution in [1.82, 2.24) is 0 Å². The van der Waals surface area contributed by atoms with Crippen LogP contribution < -0.4 is 15.0 Å². The zero-order chi connectivity index (χ0) is 24.7. The number of rotatable bonds is 7. The van der Waals surface area contributed by atoms with Gasteiger partial charge in [-0.25, -0.2) is 18.0 Å². The van der Waals surface area contributed by atoms with E-state index in [1.54, 1.807) is 0 Å². The quantitative estimate of drug-likeness (QED) is 0.173. The van der Waals surface area contributed by atoms with Gasteiger partial charge in [0.05, 0.1) is 12.8 Å². The van der Waals surface area contributed by atoms with Crippen molar-refractivity contribution in [2.75, 3.05) is 12.8 Å². The average Bonchev–Trinajstić information content (AvgIpc) is 3.40. The number of ether oxygens (including phenoxy) is 2. The first-order valence-corrected chi connectivity index (χ1v) is 12.4. The molecular weight excluding hydrogens is 484 g/mol. The first kappa shape index (κ1) is 24.5. The van der Waals surface area contributed by atoms with Crippen LogP contribution in [0, 0.1) is 35.0 Å². The Hall–Kier alpha value is -2.65. The van der Waals surface area contributed by atoms with Gasteiger partial charge in [0, 0.05) is 0 Å². The third-order valence-electron chi connectivity index (χ3n) is 5.96. The summed E-state index contributed by atoms with van der Waals surface area (Å²) in [6.45, 7) is 0.151. The zero-order valence-corrected chi connectivity index (χ0v) is 18.7. The third kappa shape index (κ3) is 4.38. The van der Waals surface area contributed by atoms with Gasteiger partial charge in [0.2, 0.25) is 40.1 Å². The first-order chi connectivity index (χ1) is 16.1. The van der Waals surface area contributed by atoms with E-state index in [-0.39, 0.29) is 24.4 Å². The molecule has 0 aromatic heterocycles. The molecular formula is C22H21F5NO5P. The molecule has 0 bridgehead atoms. The van der Waals surface area contributed by atoms with Gasteiger partial charge in [0.1, 0.15) is 0 Å². The third-order valence-corrected chi connectivity index (χ3v) is 8.54. The molecule has 4 rings (SSSR count). The minimum Gasteiger partial charge on any atom is -0.464 e. The standard InChI is InChI=1S/C22H21F5NO5P/c23-15-16(24)18(26)20(19(27)17(15)25)32-13-8-4-5-9-14(13)33-34(30)11-22(34,28)21(29)31-10-12-6-2-1-3-7-12/h4-5,8-9,12H,1-3,6-7,10-11,28H2/t22-,34?/m1/s1. The fourth-order valence-electron chi connectivity index (χ4n) is 3.82. The van der Waals surface area contributed by atoms with Gasteiger partial charge >= 0.3 is 5.97 Å². The molecule has 2 aromatic rings. The summed E-state index contributed by atoms with van der Waals surface area (Å²) < 4.78 is 97.0. The van der Waals surface area contributed by atoms with Crippen molar-refractivity contribution in [2.45, 2.75) is 37.4 Å². The zero-order valence-electron chi connectivity index (χ0n) is 17.8. The van der Waals surface area contributed by atoms with Crippen LogP contribution >= 0.6 is 7.37 Å². The van der Waals surface area contributed by atoms with E-state index in [0.29, 0.717) is 0 Å². The summed E-state index contributed by atoms with van der Waals surface area (Å²) in [4.78, 5) is 12.5. The fraction of sp³-hybridized carbons (Fsp3) is 0.409. The highest BCUT2D eigenvalue weighted by atomic mass is 31.2. The van der Waals surface area contributed by atoms with E-state index in [1.165, 1.54) is 18.2 Å². The Morgan fingerprint density at radius 2 is 1.50 bits per heavy atom. The van der Waals surface area contributed by atoms with Gasteiger partial charge in [-0.3, -0.25) is 4.57 Å². The molecule has 2 fully saturated rings. The van der Waals surface area contributed by atoms with Crippen molar-refractivity contribution in [3.63, 3.8) is 0 Å². The van der Waals surface area contributed by atoms with Gasteiger partial charge < -0.3 is 19.7 Å². The summed E-state index contributed by atoms with van der Waals surface area (Å²) in [7, 11) is -3.84. The average molecular weight is 505 g/mol. The molecule has 0 radical (unpaired) electrons. The Labute approximate surface area is 191 Å². The second-order valence-corrected chi connectivity index (χ2v) is 11.0. The number of carbonyl (C=O) groups is 1. The molecule has 0 spiro atoms. The van der Waals surface area contributed by atoms with Crippen LogP contribution in [0.5, 0.6) is 17.2 Å². The Morgan fingerprint density at radius 1 is 0.941 bits per heavy atom. The van der Waals surface area contributed by atoms with Crippen molar-refractivity contribution in [3.8, 4) is 17.2 Å². The Kier molecular flexibility index (Phi) is 6.61. The van der Waals surface area contributed by atoms with Crippen LogP contribution in [0.2, 0.25) is 0 Å². The van der Waals surface area contributed by atoms with E-state index >= 15 is 0 Å². The largest absolute Gasteiger partial charge is 0.464 e. The van der Waals surface area contributed by atoms with Crippen molar-refractivity contribution in [2.24, 2.45) is 11.7 Å². The lowest BCUT2D eigenvalue weighted by Gasteiger charge is -2.22. The summed E-state index contributed by atoms with van der Waals surface area (Å²) in [5, 5.41) is -1.90. The maximum atomic E-state index is 14.0. The van der Waals surface area contributed by atoms with Gasteiger partial charge in [-0.1, -0.05) is 31.4 Å². The Bertz CT molecular complexity index is 1140. The van der Waals surface area contributed by atoms with E-state index in [1.807, 2.05) is 0 Å². The minimum atomic E-state index is -3.84. The van der Waals surface area contributed by atoms with Crippen molar-refractivity contribution in [1.29, 1.82) is 0 Å². The van der Waals surface area contributed by atoms with Gasteiger partial charge in [-0.2, -0.15) is 8.78 Å². The molecule has 12 heteroatoms. The van der Waals surface area contributed by atoms with Crippen LogP contribution in [-0.4, -0.2) is 24.0 Å². The molecule has 2 atom stereocenters. The lowest BCUT2D eigenvalue weighted by atomic mass is 9.90. The monoisotopic (exact) mass is 505 g/mol. The van der Waals surface area contributed by atoms with Crippen molar-refractivity contribution < 1.29 is 45.3 Å². The number of hydrogen-bond donors (Lipinski definition) is 1. The Morgan fingerprint density at radius 3 is 2.12 bits per heavy atom. The fourth-order valence-corrected chi connectivity index (χ4v) is 5.90. The topological polar surface area (TPSA) is 87.9 Å². The number of para-hydroxylation sites is 2. The summed E-state index contributed by atoms with van der Waals surface area (Å²) in [6.07, 6.45) is 4.69. The van der Waals surface area contributed by atoms with Crippen LogP contribution in [-0.2, 0) is 14.1 Å². The molecule has 2 N–H and O–H groups in total. The maximum Gasteiger partial charge on any atom is 0.338 e. The second-order valence-electron chi connectivity index (χ2n) is 8.40. The minimum absolute atomic E-state index is 0.151. The maximum absolute atomic E-state index is 14.0. The molecule has 1 heterocycles. The lowest BCUT2D eigenvalue weighted by Crippen LogP contribution is -2.37. The van der Waals surface area contributed by atoms with Crippen LogP contribution in [0.15, 0.2) is 24.3 Å². The van der Waals surface area contributed by atoms with Gasteiger partial charge in [-0.05, 0) is 30.9 Å². The molecule has 34 heavy (non-hydrogen) atoms. The van der Waals surface area contributed by atoms with Crippen LogP contribution in [0.1, 0.15) is 32.1 Å². The number of esters is 1. The first-order valence-electron chi connectivity index (χ1n) is 10.6. The predicted octanol–water partition coefficient (Wildman–Crippen LogP) is 5.62. The highest BCUT2D eigenvalue weighted by molar-refractivity contribution is 7.70. The molecule has 6 nitrogen and oxygen atoms in total.